The van der Waals surface area contributed by atoms with Crippen molar-refractivity contribution in [3.63, 3.8) is 0 Å². The first-order chi connectivity index (χ1) is 13.2. The Kier molecular flexibility index (Phi) is 4.17. The van der Waals surface area contributed by atoms with Crippen molar-refractivity contribution in [3.05, 3.63) is 80.5 Å². The number of halogens is 1. The maximum absolute atomic E-state index is 6.36. The highest BCUT2D eigenvalue weighted by molar-refractivity contribution is 9.10. The number of rotatable bonds is 3. The molecule has 0 spiro atoms. The number of hydrogen-bond acceptors (Lipinski definition) is 5. The third kappa shape index (κ3) is 2.93. The molecular formula is C21H17BrN2O2S. The Labute approximate surface area is 170 Å². The van der Waals surface area contributed by atoms with Crippen LogP contribution in [0.2, 0.25) is 0 Å². The Morgan fingerprint density at radius 3 is 2.93 bits per heavy atom. The molecule has 2 aromatic carbocycles. The first-order valence-electron chi connectivity index (χ1n) is 8.72. The van der Waals surface area contributed by atoms with Gasteiger partial charge in [-0.25, -0.2) is 5.01 Å². The molecule has 0 bridgehead atoms. The fourth-order valence-electron chi connectivity index (χ4n) is 3.65. The van der Waals surface area contributed by atoms with Gasteiger partial charge in [0.2, 0.25) is 6.23 Å². The van der Waals surface area contributed by atoms with Crippen molar-refractivity contribution in [3.8, 4) is 11.5 Å². The van der Waals surface area contributed by atoms with Crippen LogP contribution in [-0.4, -0.2) is 17.8 Å². The second kappa shape index (κ2) is 6.69. The van der Waals surface area contributed by atoms with Crippen LogP contribution >= 0.6 is 27.3 Å². The molecule has 6 heteroatoms. The van der Waals surface area contributed by atoms with E-state index in [9.17, 15) is 0 Å². The number of benzene rings is 2. The summed E-state index contributed by atoms with van der Waals surface area (Å²) in [7, 11) is 1.69. The molecule has 1 aromatic heterocycles. The molecule has 3 aromatic rings. The summed E-state index contributed by atoms with van der Waals surface area (Å²) in [4.78, 5) is 1.16. The minimum Gasteiger partial charge on any atom is -0.497 e. The van der Waals surface area contributed by atoms with Gasteiger partial charge in [0.05, 0.1) is 23.7 Å². The Morgan fingerprint density at radius 2 is 2.11 bits per heavy atom. The molecule has 136 valence electrons. The summed E-state index contributed by atoms with van der Waals surface area (Å²) >= 11 is 5.29. The molecule has 5 rings (SSSR count). The molecule has 0 N–H and O–H groups in total. The predicted octanol–water partition coefficient (Wildman–Crippen LogP) is 5.76. The topological polar surface area (TPSA) is 34.1 Å². The van der Waals surface area contributed by atoms with Crippen LogP contribution in [0.1, 0.15) is 34.7 Å². The third-order valence-electron chi connectivity index (χ3n) is 4.94. The van der Waals surface area contributed by atoms with Gasteiger partial charge in [0.25, 0.3) is 0 Å². The fourth-order valence-corrected chi connectivity index (χ4v) is 4.78. The zero-order chi connectivity index (χ0) is 18.4. The number of ether oxygens (including phenoxy) is 2. The minimum atomic E-state index is -0.202. The number of methoxy groups -OCH3 is 1. The molecule has 3 heterocycles. The summed E-state index contributed by atoms with van der Waals surface area (Å²) in [6.07, 6.45) is 0.633. The van der Waals surface area contributed by atoms with Gasteiger partial charge in [-0.1, -0.05) is 34.1 Å². The molecule has 2 atom stereocenters. The van der Waals surface area contributed by atoms with E-state index in [0.29, 0.717) is 0 Å². The third-order valence-corrected chi connectivity index (χ3v) is 6.34. The van der Waals surface area contributed by atoms with E-state index < -0.39 is 0 Å². The highest BCUT2D eigenvalue weighted by Crippen LogP contribution is 2.48. The number of thiophene rings is 1. The normalized spacial score (nSPS) is 20.5. The SMILES string of the molecule is COc1cccc(C2=NN3C(C2)c2cc(Br)ccc2OC3c2cccs2)c1. The molecular weight excluding hydrogens is 424 g/mol. The largest absolute Gasteiger partial charge is 0.497 e. The summed E-state index contributed by atoms with van der Waals surface area (Å²) in [6, 6.07) is 18.6. The average Bonchev–Trinajstić information content (AvgIpc) is 3.38. The molecule has 0 saturated carbocycles. The zero-order valence-corrected chi connectivity index (χ0v) is 17.0. The van der Waals surface area contributed by atoms with E-state index in [4.69, 9.17) is 14.6 Å². The molecule has 27 heavy (non-hydrogen) atoms. The Balaban J connectivity index is 1.59. The van der Waals surface area contributed by atoms with Gasteiger partial charge in [0, 0.05) is 22.0 Å². The second-order valence-electron chi connectivity index (χ2n) is 6.55. The van der Waals surface area contributed by atoms with Crippen molar-refractivity contribution in [1.82, 2.24) is 5.01 Å². The minimum absolute atomic E-state index is 0.152. The van der Waals surface area contributed by atoms with Gasteiger partial charge < -0.3 is 9.47 Å². The highest BCUT2D eigenvalue weighted by Gasteiger charge is 2.41. The number of hydrogen-bond donors (Lipinski definition) is 0. The molecule has 2 aliphatic heterocycles. The lowest BCUT2D eigenvalue weighted by atomic mass is 9.96. The van der Waals surface area contributed by atoms with Crippen molar-refractivity contribution in [2.75, 3.05) is 7.11 Å². The van der Waals surface area contributed by atoms with Gasteiger partial charge in [0.1, 0.15) is 11.5 Å². The van der Waals surface area contributed by atoms with E-state index in [1.807, 2.05) is 30.3 Å². The van der Waals surface area contributed by atoms with Crippen LogP contribution in [0.4, 0.5) is 0 Å². The first kappa shape index (κ1) is 16.8. The number of fused-ring (bicyclic) bond motifs is 3. The monoisotopic (exact) mass is 440 g/mol. The molecule has 2 aliphatic rings. The van der Waals surface area contributed by atoms with Crippen LogP contribution in [0.15, 0.2) is 69.6 Å². The highest BCUT2D eigenvalue weighted by atomic mass is 79.9. The van der Waals surface area contributed by atoms with Gasteiger partial charge in [-0.05, 0) is 41.8 Å². The Morgan fingerprint density at radius 1 is 1.19 bits per heavy atom. The second-order valence-corrected chi connectivity index (χ2v) is 8.44. The lowest BCUT2D eigenvalue weighted by Gasteiger charge is -2.37. The maximum atomic E-state index is 6.36. The summed E-state index contributed by atoms with van der Waals surface area (Å²) in [5, 5.41) is 9.17. The number of nitrogens with zero attached hydrogens (tertiary/aromatic N) is 2. The number of hydrazone groups is 1. The summed E-state index contributed by atoms with van der Waals surface area (Å²) in [6.45, 7) is 0. The van der Waals surface area contributed by atoms with E-state index in [1.165, 1.54) is 5.56 Å². The average molecular weight is 441 g/mol. The van der Waals surface area contributed by atoms with Gasteiger partial charge >= 0.3 is 0 Å². The van der Waals surface area contributed by atoms with Crippen LogP contribution in [0.3, 0.4) is 0 Å². The van der Waals surface area contributed by atoms with E-state index in [0.717, 1.165) is 38.5 Å². The van der Waals surface area contributed by atoms with E-state index >= 15 is 0 Å². The lowest BCUT2D eigenvalue weighted by Crippen LogP contribution is -2.33. The Bertz CT molecular complexity index is 1020. The molecule has 0 amide bonds. The van der Waals surface area contributed by atoms with Crippen molar-refractivity contribution in [1.29, 1.82) is 0 Å². The molecule has 4 nitrogen and oxygen atoms in total. The summed E-state index contributed by atoms with van der Waals surface area (Å²) in [5.74, 6) is 1.77. The predicted molar refractivity (Wildman–Crippen MR) is 111 cm³/mol. The van der Waals surface area contributed by atoms with Crippen LogP contribution in [-0.2, 0) is 0 Å². The van der Waals surface area contributed by atoms with Gasteiger partial charge in [-0.15, -0.1) is 11.3 Å². The fraction of sp³-hybridized carbons (Fsp3) is 0.190. The molecule has 0 aliphatic carbocycles. The molecule has 2 unspecified atom stereocenters. The Hall–Kier alpha value is -2.31. The van der Waals surface area contributed by atoms with E-state index in [2.05, 4.69) is 50.6 Å². The van der Waals surface area contributed by atoms with Crippen molar-refractivity contribution in [2.45, 2.75) is 18.7 Å². The van der Waals surface area contributed by atoms with Gasteiger partial charge in [0.15, 0.2) is 0 Å². The molecule has 0 radical (unpaired) electrons. The van der Waals surface area contributed by atoms with Gasteiger partial charge in [-0.3, -0.25) is 0 Å². The van der Waals surface area contributed by atoms with Crippen molar-refractivity contribution in [2.24, 2.45) is 5.10 Å². The smallest absolute Gasteiger partial charge is 0.222 e. The lowest BCUT2D eigenvalue weighted by molar-refractivity contribution is -0.0166. The maximum Gasteiger partial charge on any atom is 0.222 e. The van der Waals surface area contributed by atoms with Crippen LogP contribution in [0.5, 0.6) is 11.5 Å². The van der Waals surface area contributed by atoms with E-state index in [-0.39, 0.29) is 12.3 Å². The standard InChI is InChI=1S/C21H17BrN2O2S/c1-25-15-5-2-4-13(10-15)17-12-18-16-11-14(22)7-8-19(16)26-21(24(18)23-17)20-6-3-9-27-20/h2-11,18,21H,12H2,1H3. The summed E-state index contributed by atoms with van der Waals surface area (Å²) < 4.78 is 12.8. The molecule has 0 fully saturated rings. The first-order valence-corrected chi connectivity index (χ1v) is 10.4. The van der Waals surface area contributed by atoms with Crippen molar-refractivity contribution < 1.29 is 9.47 Å². The molecule has 0 saturated heterocycles. The van der Waals surface area contributed by atoms with Crippen LogP contribution in [0, 0.1) is 0 Å². The van der Waals surface area contributed by atoms with Gasteiger partial charge in [-0.2, -0.15) is 5.10 Å². The zero-order valence-electron chi connectivity index (χ0n) is 14.6. The van der Waals surface area contributed by atoms with Crippen LogP contribution in [0.25, 0.3) is 0 Å². The van der Waals surface area contributed by atoms with Crippen molar-refractivity contribution >= 4 is 33.0 Å². The summed E-state index contributed by atoms with van der Waals surface area (Å²) in [5.41, 5.74) is 3.31. The van der Waals surface area contributed by atoms with Crippen LogP contribution < -0.4 is 9.47 Å². The van der Waals surface area contributed by atoms with E-state index in [1.54, 1.807) is 18.4 Å². The quantitative estimate of drug-likeness (QED) is 0.518.